The van der Waals surface area contributed by atoms with E-state index in [2.05, 4.69) is 4.72 Å². The Kier molecular flexibility index (Phi) is 3.79. The average molecular weight is 262 g/mol. The van der Waals surface area contributed by atoms with Gasteiger partial charge in [0.05, 0.1) is 4.92 Å². The van der Waals surface area contributed by atoms with Gasteiger partial charge < -0.3 is 0 Å². The van der Waals surface area contributed by atoms with E-state index in [1.807, 2.05) is 0 Å². The zero-order chi connectivity index (χ0) is 13.2. The molecule has 0 amide bonds. The Hall–Kier alpha value is -1.54. The van der Waals surface area contributed by atoms with Crippen molar-refractivity contribution in [2.45, 2.75) is 24.8 Å². The number of nitro groups is 1. The van der Waals surface area contributed by atoms with Gasteiger partial charge in [0.2, 0.25) is 15.8 Å². The highest BCUT2D eigenvalue weighted by Crippen LogP contribution is 2.26. The molecule has 0 aromatic heterocycles. The maximum absolute atomic E-state index is 13.2. The molecule has 0 saturated carbocycles. The quantitative estimate of drug-likeness (QED) is 0.656. The standard InChI is InChI=1S/C9H11FN2O4S/c1-6(2)11-17(15,16)8-5-3-4-7(10)9(8)12(13)14/h3-6,11H,1-2H3. The van der Waals surface area contributed by atoms with Crippen LogP contribution in [-0.4, -0.2) is 19.4 Å². The number of para-hydroxylation sites is 1. The van der Waals surface area contributed by atoms with E-state index in [0.29, 0.717) is 0 Å². The molecule has 1 aromatic carbocycles. The summed E-state index contributed by atoms with van der Waals surface area (Å²) in [6.07, 6.45) is 0. The molecule has 0 spiro atoms. The van der Waals surface area contributed by atoms with Crippen molar-refractivity contribution in [2.75, 3.05) is 0 Å². The number of hydrogen-bond donors (Lipinski definition) is 1. The van der Waals surface area contributed by atoms with Gasteiger partial charge in [-0.15, -0.1) is 0 Å². The average Bonchev–Trinajstić information content (AvgIpc) is 2.14. The van der Waals surface area contributed by atoms with Crippen molar-refractivity contribution in [2.24, 2.45) is 0 Å². The molecule has 17 heavy (non-hydrogen) atoms. The molecule has 0 radical (unpaired) electrons. The highest BCUT2D eigenvalue weighted by atomic mass is 32.2. The zero-order valence-corrected chi connectivity index (χ0v) is 9.99. The highest BCUT2D eigenvalue weighted by molar-refractivity contribution is 7.89. The third kappa shape index (κ3) is 2.98. The molecule has 0 atom stereocenters. The monoisotopic (exact) mass is 262 g/mol. The lowest BCUT2D eigenvalue weighted by Crippen LogP contribution is -2.30. The lowest BCUT2D eigenvalue weighted by molar-refractivity contribution is -0.390. The number of benzene rings is 1. The van der Waals surface area contributed by atoms with Crippen LogP contribution >= 0.6 is 0 Å². The summed E-state index contributed by atoms with van der Waals surface area (Å²) in [5, 5.41) is 10.6. The Morgan fingerprint density at radius 1 is 1.41 bits per heavy atom. The molecule has 0 fully saturated rings. The van der Waals surface area contributed by atoms with Gasteiger partial charge in [-0.05, 0) is 26.0 Å². The van der Waals surface area contributed by atoms with E-state index in [1.165, 1.54) is 0 Å². The summed E-state index contributed by atoms with van der Waals surface area (Å²) < 4.78 is 38.9. The fraction of sp³-hybridized carbons (Fsp3) is 0.333. The number of hydrogen-bond acceptors (Lipinski definition) is 4. The molecule has 1 aromatic rings. The first-order valence-corrected chi connectivity index (χ1v) is 6.19. The Labute approximate surface area is 97.7 Å². The number of nitrogens with one attached hydrogen (secondary N) is 1. The van der Waals surface area contributed by atoms with Crippen molar-refractivity contribution in [1.29, 1.82) is 0 Å². The second-order valence-electron chi connectivity index (χ2n) is 3.62. The first-order chi connectivity index (χ1) is 7.75. The Morgan fingerprint density at radius 2 is 2.00 bits per heavy atom. The van der Waals surface area contributed by atoms with Crippen LogP contribution in [-0.2, 0) is 10.0 Å². The number of nitrogens with zero attached hydrogens (tertiary/aromatic N) is 1. The molecule has 0 aliphatic heterocycles. The minimum atomic E-state index is -4.09. The topological polar surface area (TPSA) is 89.3 Å². The third-order valence-corrected chi connectivity index (χ3v) is 3.50. The Bertz CT molecular complexity index is 542. The van der Waals surface area contributed by atoms with Gasteiger partial charge in [0.15, 0.2) is 4.90 Å². The Morgan fingerprint density at radius 3 is 2.47 bits per heavy atom. The van der Waals surface area contributed by atoms with E-state index in [-0.39, 0.29) is 0 Å². The lowest BCUT2D eigenvalue weighted by Gasteiger charge is -2.09. The first kappa shape index (κ1) is 13.5. The number of sulfonamides is 1. The zero-order valence-electron chi connectivity index (χ0n) is 9.18. The van der Waals surface area contributed by atoms with E-state index in [9.17, 15) is 22.9 Å². The number of rotatable bonds is 4. The van der Waals surface area contributed by atoms with Crippen LogP contribution in [0.2, 0.25) is 0 Å². The van der Waals surface area contributed by atoms with Crippen LogP contribution in [0.4, 0.5) is 10.1 Å². The lowest BCUT2D eigenvalue weighted by atomic mass is 10.3. The minimum absolute atomic E-state index is 0.442. The molecule has 6 nitrogen and oxygen atoms in total. The summed E-state index contributed by atoms with van der Waals surface area (Å²) in [7, 11) is -4.09. The van der Waals surface area contributed by atoms with Gasteiger partial charge in [0.1, 0.15) is 0 Å². The van der Waals surface area contributed by atoms with Crippen molar-refractivity contribution in [3.05, 3.63) is 34.1 Å². The van der Waals surface area contributed by atoms with Gasteiger partial charge in [0.25, 0.3) is 0 Å². The van der Waals surface area contributed by atoms with E-state index >= 15 is 0 Å². The van der Waals surface area contributed by atoms with Crippen molar-refractivity contribution >= 4 is 15.7 Å². The van der Waals surface area contributed by atoms with Gasteiger partial charge in [-0.3, -0.25) is 10.1 Å². The van der Waals surface area contributed by atoms with Gasteiger partial charge >= 0.3 is 5.69 Å². The molecule has 0 aliphatic rings. The Balaban J connectivity index is 3.42. The van der Waals surface area contributed by atoms with E-state index in [4.69, 9.17) is 0 Å². The molecule has 1 rings (SSSR count). The molecule has 1 N–H and O–H groups in total. The summed E-state index contributed by atoms with van der Waals surface area (Å²) >= 11 is 0. The smallest absolute Gasteiger partial charge is 0.258 e. The predicted octanol–water partition coefficient (Wildman–Crippen LogP) is 1.42. The molecule has 0 aliphatic carbocycles. The predicted molar refractivity (Wildman–Crippen MR) is 58.5 cm³/mol. The van der Waals surface area contributed by atoms with E-state index < -0.39 is 37.4 Å². The maximum atomic E-state index is 13.2. The van der Waals surface area contributed by atoms with Crippen LogP contribution in [0.25, 0.3) is 0 Å². The van der Waals surface area contributed by atoms with Crippen molar-refractivity contribution in [1.82, 2.24) is 4.72 Å². The first-order valence-electron chi connectivity index (χ1n) is 4.71. The fourth-order valence-corrected chi connectivity index (χ4v) is 2.70. The van der Waals surface area contributed by atoms with Crippen LogP contribution < -0.4 is 4.72 Å². The number of nitro benzene ring substituents is 1. The largest absolute Gasteiger partial charge is 0.324 e. The van der Waals surface area contributed by atoms with Gasteiger partial charge in [0, 0.05) is 6.04 Å². The van der Waals surface area contributed by atoms with E-state index in [1.54, 1.807) is 13.8 Å². The van der Waals surface area contributed by atoms with Crippen molar-refractivity contribution in [3.8, 4) is 0 Å². The normalized spacial score (nSPS) is 11.8. The summed E-state index contributed by atoms with van der Waals surface area (Å²) in [6.45, 7) is 3.12. The summed E-state index contributed by atoms with van der Waals surface area (Å²) in [6, 6.07) is 2.50. The number of halogens is 1. The molecule has 8 heteroatoms. The summed E-state index contributed by atoms with van der Waals surface area (Å²) in [4.78, 5) is 8.93. The van der Waals surface area contributed by atoms with Gasteiger partial charge in [-0.2, -0.15) is 4.39 Å². The van der Waals surface area contributed by atoms with Crippen LogP contribution in [0, 0.1) is 15.9 Å². The van der Waals surface area contributed by atoms with Crippen LogP contribution in [0.1, 0.15) is 13.8 Å². The van der Waals surface area contributed by atoms with E-state index in [0.717, 1.165) is 18.2 Å². The highest BCUT2D eigenvalue weighted by Gasteiger charge is 2.29. The minimum Gasteiger partial charge on any atom is -0.258 e. The third-order valence-electron chi connectivity index (χ3n) is 1.81. The van der Waals surface area contributed by atoms with Crippen LogP contribution in [0.15, 0.2) is 23.1 Å². The maximum Gasteiger partial charge on any atom is 0.324 e. The molecular formula is C9H11FN2O4S. The van der Waals surface area contributed by atoms with Gasteiger partial charge in [-0.1, -0.05) is 6.07 Å². The SMILES string of the molecule is CC(C)NS(=O)(=O)c1cccc(F)c1[N+](=O)[O-]. The summed E-state index contributed by atoms with van der Waals surface area (Å²) in [5.74, 6) is -1.18. The second-order valence-corrected chi connectivity index (χ2v) is 5.30. The fourth-order valence-electron chi connectivity index (χ4n) is 1.26. The molecule has 0 heterocycles. The molecular weight excluding hydrogens is 251 g/mol. The van der Waals surface area contributed by atoms with Crippen molar-refractivity contribution in [3.63, 3.8) is 0 Å². The van der Waals surface area contributed by atoms with Crippen molar-refractivity contribution < 1.29 is 17.7 Å². The van der Waals surface area contributed by atoms with Crippen LogP contribution in [0.5, 0.6) is 0 Å². The van der Waals surface area contributed by atoms with Crippen LogP contribution in [0.3, 0.4) is 0 Å². The molecule has 94 valence electrons. The molecule has 0 saturated heterocycles. The molecule has 0 unspecified atom stereocenters. The second kappa shape index (κ2) is 4.76. The summed E-state index contributed by atoms with van der Waals surface area (Å²) in [5.41, 5.74) is -1.04. The van der Waals surface area contributed by atoms with Gasteiger partial charge in [-0.25, -0.2) is 13.1 Å². The molecule has 0 bridgehead atoms.